The van der Waals surface area contributed by atoms with E-state index in [0.717, 1.165) is 0 Å². The number of hydrogen-bond donors (Lipinski definition) is 1. The maximum atomic E-state index is 13.7. The van der Waals surface area contributed by atoms with Crippen LogP contribution in [0.3, 0.4) is 0 Å². The molecule has 1 saturated heterocycles. The molecule has 21 heavy (non-hydrogen) atoms. The molecule has 7 heteroatoms. The van der Waals surface area contributed by atoms with Crippen molar-refractivity contribution in [2.45, 2.75) is 18.9 Å². The Labute approximate surface area is 127 Å². The van der Waals surface area contributed by atoms with Crippen molar-refractivity contribution in [1.29, 1.82) is 0 Å². The lowest BCUT2D eigenvalue weighted by Gasteiger charge is -2.31. The first kappa shape index (κ1) is 15.6. The monoisotopic (exact) mass is 314 g/mol. The van der Waals surface area contributed by atoms with Gasteiger partial charge in [0.1, 0.15) is 5.82 Å². The third kappa shape index (κ3) is 3.64. The average molecular weight is 315 g/mol. The fraction of sp³-hybridized carbons (Fsp3) is 0.429. The van der Waals surface area contributed by atoms with Crippen LogP contribution in [-0.4, -0.2) is 43.1 Å². The quantitative estimate of drug-likeness (QED) is 0.912. The molecule has 5 nitrogen and oxygen atoms in total. The summed E-state index contributed by atoms with van der Waals surface area (Å²) < 4.78 is 18.3. The predicted molar refractivity (Wildman–Crippen MR) is 75.9 cm³/mol. The van der Waals surface area contributed by atoms with Crippen LogP contribution < -0.4 is 5.32 Å². The number of hydrogen-bond acceptors (Lipinski definition) is 3. The molecule has 1 heterocycles. The van der Waals surface area contributed by atoms with Gasteiger partial charge in [-0.1, -0.05) is 17.7 Å². The zero-order valence-corrected chi connectivity index (χ0v) is 12.3. The minimum Gasteiger partial charge on any atom is -0.453 e. The molecule has 2 amide bonds. The normalized spacial score (nSPS) is 15.7. The largest absolute Gasteiger partial charge is 0.453 e. The average Bonchev–Trinajstić information content (AvgIpc) is 2.47. The number of benzene rings is 1. The van der Waals surface area contributed by atoms with Crippen LogP contribution in [0.25, 0.3) is 0 Å². The number of likely N-dealkylation sites (tertiary alicyclic amines) is 1. The van der Waals surface area contributed by atoms with Gasteiger partial charge in [0.25, 0.3) is 5.91 Å². The van der Waals surface area contributed by atoms with Crippen LogP contribution in [0.2, 0.25) is 5.02 Å². The van der Waals surface area contributed by atoms with Gasteiger partial charge in [0.2, 0.25) is 0 Å². The SMILES string of the molecule is COC(=O)N1CCC(NC(=O)c2c(F)cccc2Cl)CC1. The van der Waals surface area contributed by atoms with Gasteiger partial charge >= 0.3 is 6.09 Å². The second-order valence-corrected chi connectivity index (χ2v) is 5.21. The molecule has 1 N–H and O–H groups in total. The highest BCUT2D eigenvalue weighted by molar-refractivity contribution is 6.33. The van der Waals surface area contributed by atoms with E-state index in [9.17, 15) is 14.0 Å². The first-order valence-corrected chi connectivity index (χ1v) is 6.98. The molecule has 0 unspecified atom stereocenters. The fourth-order valence-corrected chi connectivity index (χ4v) is 2.56. The Hall–Kier alpha value is -1.82. The Balaban J connectivity index is 1.95. The van der Waals surface area contributed by atoms with E-state index in [2.05, 4.69) is 10.1 Å². The zero-order chi connectivity index (χ0) is 15.4. The molecule has 1 aromatic rings. The van der Waals surface area contributed by atoms with Crippen LogP contribution in [-0.2, 0) is 4.74 Å². The summed E-state index contributed by atoms with van der Waals surface area (Å²) in [7, 11) is 1.33. The molecule has 1 aliphatic heterocycles. The van der Waals surface area contributed by atoms with Crippen molar-refractivity contribution in [3.05, 3.63) is 34.6 Å². The Morgan fingerprint density at radius 3 is 2.62 bits per heavy atom. The van der Waals surface area contributed by atoms with Gasteiger partial charge in [-0.2, -0.15) is 0 Å². The summed E-state index contributed by atoms with van der Waals surface area (Å²) in [6, 6.07) is 4.00. The van der Waals surface area contributed by atoms with Gasteiger partial charge < -0.3 is 15.0 Å². The first-order valence-electron chi connectivity index (χ1n) is 6.60. The lowest BCUT2D eigenvalue weighted by atomic mass is 10.0. The lowest BCUT2D eigenvalue weighted by molar-refractivity contribution is 0.0889. The van der Waals surface area contributed by atoms with Crippen LogP contribution in [0.1, 0.15) is 23.2 Å². The molecule has 0 aliphatic carbocycles. The molecule has 0 spiro atoms. The molecule has 114 valence electrons. The third-order valence-electron chi connectivity index (χ3n) is 3.45. The summed E-state index contributed by atoms with van der Waals surface area (Å²) >= 11 is 5.86. The van der Waals surface area contributed by atoms with Gasteiger partial charge in [0.05, 0.1) is 17.7 Å². The zero-order valence-electron chi connectivity index (χ0n) is 11.6. The molecular formula is C14H16ClFN2O3. The second kappa shape index (κ2) is 6.76. The van der Waals surface area contributed by atoms with Crippen LogP contribution in [0.5, 0.6) is 0 Å². The van der Waals surface area contributed by atoms with Gasteiger partial charge in [-0.05, 0) is 25.0 Å². The minimum absolute atomic E-state index is 0.0829. The van der Waals surface area contributed by atoms with Crippen molar-refractivity contribution in [2.75, 3.05) is 20.2 Å². The molecule has 0 aromatic heterocycles. The van der Waals surface area contributed by atoms with E-state index in [4.69, 9.17) is 11.6 Å². The molecular weight excluding hydrogens is 299 g/mol. The first-order chi connectivity index (χ1) is 10.0. The number of piperidine rings is 1. The highest BCUT2D eigenvalue weighted by Crippen LogP contribution is 2.20. The van der Waals surface area contributed by atoms with E-state index in [1.165, 1.54) is 25.3 Å². The predicted octanol–water partition coefficient (Wildman–Crippen LogP) is 2.44. The van der Waals surface area contributed by atoms with Gasteiger partial charge in [-0.15, -0.1) is 0 Å². The van der Waals surface area contributed by atoms with Crippen molar-refractivity contribution in [2.24, 2.45) is 0 Å². The number of nitrogens with one attached hydrogen (secondary N) is 1. The summed E-state index contributed by atoms with van der Waals surface area (Å²) in [4.78, 5) is 25.0. The highest BCUT2D eigenvalue weighted by Gasteiger charge is 2.25. The maximum Gasteiger partial charge on any atom is 0.409 e. The molecule has 0 bridgehead atoms. The summed E-state index contributed by atoms with van der Waals surface area (Å²) in [5.74, 6) is -1.18. The second-order valence-electron chi connectivity index (χ2n) is 4.80. The van der Waals surface area contributed by atoms with E-state index in [-0.39, 0.29) is 22.7 Å². The smallest absolute Gasteiger partial charge is 0.409 e. The minimum atomic E-state index is -0.646. The summed E-state index contributed by atoms with van der Waals surface area (Å²) in [6.07, 6.45) is 0.803. The number of carbonyl (C=O) groups excluding carboxylic acids is 2. The fourth-order valence-electron chi connectivity index (χ4n) is 2.31. The Kier molecular flexibility index (Phi) is 5.01. The van der Waals surface area contributed by atoms with Crippen LogP contribution in [0.4, 0.5) is 9.18 Å². The number of ether oxygens (including phenoxy) is 1. The number of nitrogens with zero attached hydrogens (tertiary/aromatic N) is 1. The Bertz CT molecular complexity index is 525. The number of rotatable bonds is 2. The van der Waals surface area contributed by atoms with E-state index < -0.39 is 11.7 Å². The van der Waals surface area contributed by atoms with Crippen molar-refractivity contribution in [1.82, 2.24) is 10.2 Å². The van der Waals surface area contributed by atoms with Crippen LogP contribution >= 0.6 is 11.6 Å². The van der Waals surface area contributed by atoms with Crippen LogP contribution in [0, 0.1) is 5.82 Å². The Morgan fingerprint density at radius 2 is 2.05 bits per heavy atom. The molecule has 1 aliphatic rings. The molecule has 2 rings (SSSR count). The molecule has 0 atom stereocenters. The van der Waals surface area contributed by atoms with Crippen molar-refractivity contribution in [3.8, 4) is 0 Å². The maximum absolute atomic E-state index is 13.7. The molecule has 1 aromatic carbocycles. The Morgan fingerprint density at radius 1 is 1.38 bits per heavy atom. The summed E-state index contributed by atoms with van der Waals surface area (Å²) in [6.45, 7) is 0.977. The van der Waals surface area contributed by atoms with Gasteiger partial charge in [-0.25, -0.2) is 9.18 Å². The standard InChI is InChI=1S/C14H16ClFN2O3/c1-21-14(20)18-7-5-9(6-8-18)17-13(19)12-10(15)3-2-4-11(12)16/h2-4,9H,5-8H2,1H3,(H,17,19). The third-order valence-corrected chi connectivity index (χ3v) is 3.77. The van der Waals surface area contributed by atoms with E-state index >= 15 is 0 Å². The number of methoxy groups -OCH3 is 1. The van der Waals surface area contributed by atoms with Crippen molar-refractivity contribution < 1.29 is 18.7 Å². The summed E-state index contributed by atoms with van der Waals surface area (Å²) in [5.41, 5.74) is -0.144. The molecule has 1 fully saturated rings. The topological polar surface area (TPSA) is 58.6 Å². The van der Waals surface area contributed by atoms with Gasteiger partial charge in [0, 0.05) is 19.1 Å². The highest BCUT2D eigenvalue weighted by atomic mass is 35.5. The van der Waals surface area contributed by atoms with Gasteiger partial charge in [-0.3, -0.25) is 4.79 Å². The van der Waals surface area contributed by atoms with E-state index in [1.54, 1.807) is 4.90 Å². The summed E-state index contributed by atoms with van der Waals surface area (Å²) in [5, 5.41) is 2.84. The number of halogens is 2. The number of carbonyl (C=O) groups is 2. The van der Waals surface area contributed by atoms with Gasteiger partial charge in [0.15, 0.2) is 0 Å². The number of amides is 2. The van der Waals surface area contributed by atoms with Crippen LogP contribution in [0.15, 0.2) is 18.2 Å². The van der Waals surface area contributed by atoms with E-state index in [0.29, 0.717) is 25.9 Å². The molecule has 0 saturated carbocycles. The van der Waals surface area contributed by atoms with Crippen molar-refractivity contribution in [3.63, 3.8) is 0 Å². The van der Waals surface area contributed by atoms with Crippen molar-refractivity contribution >= 4 is 23.6 Å². The lowest BCUT2D eigenvalue weighted by Crippen LogP contribution is -2.46. The molecule has 0 radical (unpaired) electrons. The van der Waals surface area contributed by atoms with E-state index in [1.807, 2.05) is 0 Å².